The molecule has 1 rings (SSSR count). The number of hydrogen-bond acceptors (Lipinski definition) is 10. The van der Waals surface area contributed by atoms with Gasteiger partial charge in [0.15, 0.2) is 12.4 Å². The molecular formula is C22H37NO10. The van der Waals surface area contributed by atoms with E-state index < -0.39 is 54.2 Å². The van der Waals surface area contributed by atoms with Crippen molar-refractivity contribution in [1.82, 2.24) is 5.32 Å². The first-order valence-electron chi connectivity index (χ1n) is 11.1. The van der Waals surface area contributed by atoms with E-state index in [1.54, 1.807) is 20.8 Å². The first-order chi connectivity index (χ1) is 15.4. The molecule has 1 amide bonds. The van der Waals surface area contributed by atoms with Crippen molar-refractivity contribution in [2.45, 2.75) is 97.4 Å². The molecule has 1 aliphatic heterocycles. The first kappa shape index (κ1) is 28.6. The molecule has 0 bridgehead atoms. The van der Waals surface area contributed by atoms with Gasteiger partial charge in [-0.1, -0.05) is 0 Å². The Bertz CT molecular complexity index is 660. The summed E-state index contributed by atoms with van der Waals surface area (Å²) < 4.78 is 32.4. The van der Waals surface area contributed by atoms with Crippen molar-refractivity contribution >= 4 is 24.0 Å². The maximum absolute atomic E-state index is 11.6. The third-order valence-corrected chi connectivity index (χ3v) is 4.35. The van der Waals surface area contributed by atoms with E-state index in [1.165, 1.54) is 20.8 Å². The lowest BCUT2D eigenvalue weighted by atomic mass is 10.0. The van der Waals surface area contributed by atoms with Crippen LogP contribution in [0, 0.1) is 0 Å². The van der Waals surface area contributed by atoms with Crippen LogP contribution in [0.2, 0.25) is 0 Å². The largest absolute Gasteiger partial charge is 0.463 e. The monoisotopic (exact) mass is 475 g/mol. The number of hydrogen-bond donors (Lipinski definition) is 1. The van der Waals surface area contributed by atoms with E-state index in [0.29, 0.717) is 19.6 Å². The molecule has 0 spiro atoms. The first-order valence-corrected chi connectivity index (χ1v) is 11.1. The summed E-state index contributed by atoms with van der Waals surface area (Å²) in [6.07, 6.45) is -1.36. The zero-order chi connectivity index (χ0) is 25.0. The number of alkyl carbamates (subject to hydrolysis) is 1. The van der Waals surface area contributed by atoms with Crippen molar-refractivity contribution in [3.8, 4) is 0 Å². The molecule has 33 heavy (non-hydrogen) atoms. The second-order valence-corrected chi connectivity index (χ2v) is 8.72. The van der Waals surface area contributed by atoms with Crippen LogP contribution in [-0.2, 0) is 42.8 Å². The van der Waals surface area contributed by atoms with E-state index >= 15 is 0 Å². The van der Waals surface area contributed by atoms with Gasteiger partial charge < -0.3 is 33.7 Å². The van der Waals surface area contributed by atoms with Gasteiger partial charge in [0.1, 0.15) is 24.4 Å². The van der Waals surface area contributed by atoms with Crippen molar-refractivity contribution < 1.29 is 47.6 Å². The summed E-state index contributed by atoms with van der Waals surface area (Å²) in [6, 6.07) is 0. The van der Waals surface area contributed by atoms with Gasteiger partial charge in [0.05, 0.1) is 0 Å². The van der Waals surface area contributed by atoms with Gasteiger partial charge in [-0.25, -0.2) is 4.79 Å². The number of rotatable bonds is 11. The van der Waals surface area contributed by atoms with E-state index in [4.69, 9.17) is 28.4 Å². The predicted octanol–water partition coefficient (Wildman–Crippen LogP) is 2.24. The van der Waals surface area contributed by atoms with Crippen LogP contribution in [0.15, 0.2) is 0 Å². The summed E-state index contributed by atoms with van der Waals surface area (Å²) in [5, 5.41) is 2.69. The normalized spacial score (nSPS) is 22.7. The molecule has 0 aromatic rings. The highest BCUT2D eigenvalue weighted by molar-refractivity contribution is 5.68. The second kappa shape index (κ2) is 14.0. The van der Waals surface area contributed by atoms with Gasteiger partial charge in [0, 0.05) is 40.3 Å². The molecule has 1 heterocycles. The van der Waals surface area contributed by atoms with Crippen LogP contribution in [0.25, 0.3) is 0 Å². The molecule has 4 unspecified atom stereocenters. The zero-order valence-electron chi connectivity index (χ0n) is 20.3. The molecule has 4 atom stereocenters. The Kier molecular flexibility index (Phi) is 12.1. The Balaban J connectivity index is 2.50. The fourth-order valence-corrected chi connectivity index (χ4v) is 3.13. The summed E-state index contributed by atoms with van der Waals surface area (Å²) in [7, 11) is 0. The average Bonchev–Trinajstić information content (AvgIpc) is 2.65. The lowest BCUT2D eigenvalue weighted by molar-refractivity contribution is -0.266. The number of esters is 3. The van der Waals surface area contributed by atoms with Crippen molar-refractivity contribution in [3.05, 3.63) is 0 Å². The molecule has 1 saturated heterocycles. The highest BCUT2D eigenvalue weighted by Gasteiger charge is 2.44. The van der Waals surface area contributed by atoms with Gasteiger partial charge in [-0.3, -0.25) is 14.4 Å². The molecular weight excluding hydrogens is 438 g/mol. The van der Waals surface area contributed by atoms with E-state index in [9.17, 15) is 19.2 Å². The topological polar surface area (TPSA) is 136 Å². The Morgan fingerprint density at radius 3 is 2.18 bits per heavy atom. The van der Waals surface area contributed by atoms with E-state index in [2.05, 4.69) is 5.32 Å². The molecule has 0 saturated carbocycles. The lowest BCUT2D eigenvalue weighted by Gasteiger charge is -2.39. The van der Waals surface area contributed by atoms with Crippen LogP contribution in [0.4, 0.5) is 4.79 Å². The third-order valence-electron chi connectivity index (χ3n) is 4.35. The van der Waals surface area contributed by atoms with Gasteiger partial charge in [0.25, 0.3) is 0 Å². The van der Waals surface area contributed by atoms with Gasteiger partial charge in [0.2, 0.25) is 0 Å². The number of unbranched alkanes of at least 4 members (excludes halogenated alkanes) is 2. The summed E-state index contributed by atoms with van der Waals surface area (Å²) in [6.45, 7) is 9.80. The maximum atomic E-state index is 11.6. The minimum atomic E-state index is -0.926. The molecule has 0 radical (unpaired) electrons. The van der Waals surface area contributed by atoms with E-state index in [-0.39, 0.29) is 13.0 Å². The van der Waals surface area contributed by atoms with Crippen molar-refractivity contribution in [2.24, 2.45) is 0 Å². The molecule has 11 heteroatoms. The maximum Gasteiger partial charge on any atom is 0.407 e. The quantitative estimate of drug-likeness (QED) is 0.269. The highest BCUT2D eigenvalue weighted by Crippen LogP contribution is 2.27. The summed E-state index contributed by atoms with van der Waals surface area (Å²) in [5.41, 5.74) is -0.538. The fraction of sp³-hybridized carbons (Fsp3) is 0.818. The van der Waals surface area contributed by atoms with Crippen LogP contribution in [0.1, 0.15) is 67.2 Å². The second-order valence-electron chi connectivity index (χ2n) is 8.72. The number of nitrogens with one attached hydrogen (secondary N) is 1. The standard InChI is InChI=1S/C22H37NO10/c1-14(24)29-13-18-20(31-16(3)26)17(30-15(2)25)12-19(32-18)28-11-9-7-8-10-23-21(27)33-22(4,5)6/h17-20H,7-13H2,1-6H3,(H,23,27). The molecule has 0 aromatic heterocycles. The number of carbonyl (C=O) groups excluding carboxylic acids is 4. The number of carbonyl (C=O) groups is 4. The third kappa shape index (κ3) is 13.0. The molecule has 0 aliphatic carbocycles. The van der Waals surface area contributed by atoms with Crippen molar-refractivity contribution in [3.63, 3.8) is 0 Å². The summed E-state index contributed by atoms with van der Waals surface area (Å²) >= 11 is 0. The van der Waals surface area contributed by atoms with E-state index in [0.717, 1.165) is 12.8 Å². The minimum absolute atomic E-state index is 0.161. The van der Waals surface area contributed by atoms with Gasteiger partial charge >= 0.3 is 24.0 Å². The Hall–Kier alpha value is -2.40. The van der Waals surface area contributed by atoms with Crippen LogP contribution in [0.5, 0.6) is 0 Å². The molecule has 1 N–H and O–H groups in total. The van der Waals surface area contributed by atoms with Crippen molar-refractivity contribution in [2.75, 3.05) is 19.8 Å². The molecule has 1 fully saturated rings. The van der Waals surface area contributed by atoms with Crippen LogP contribution < -0.4 is 5.32 Å². The van der Waals surface area contributed by atoms with Crippen LogP contribution in [0.3, 0.4) is 0 Å². The van der Waals surface area contributed by atoms with Gasteiger partial charge in [-0.2, -0.15) is 0 Å². The molecule has 11 nitrogen and oxygen atoms in total. The average molecular weight is 476 g/mol. The Labute approximate surface area is 194 Å². The molecule has 190 valence electrons. The molecule has 1 aliphatic rings. The SMILES string of the molecule is CC(=O)OCC1OC(OCCCCCNC(=O)OC(C)(C)C)CC(OC(C)=O)C1OC(C)=O. The van der Waals surface area contributed by atoms with E-state index in [1.807, 2.05) is 0 Å². The zero-order valence-corrected chi connectivity index (χ0v) is 20.3. The smallest absolute Gasteiger partial charge is 0.407 e. The Morgan fingerprint density at radius 2 is 1.61 bits per heavy atom. The van der Waals surface area contributed by atoms with Crippen LogP contribution in [-0.4, -0.2) is 74.0 Å². The van der Waals surface area contributed by atoms with Gasteiger partial charge in [-0.15, -0.1) is 0 Å². The summed E-state index contributed by atoms with van der Waals surface area (Å²) in [5.74, 6) is -1.64. The van der Waals surface area contributed by atoms with Crippen LogP contribution >= 0.6 is 0 Å². The summed E-state index contributed by atoms with van der Waals surface area (Å²) in [4.78, 5) is 45.9. The Morgan fingerprint density at radius 1 is 0.939 bits per heavy atom. The van der Waals surface area contributed by atoms with Gasteiger partial charge in [-0.05, 0) is 40.0 Å². The highest BCUT2D eigenvalue weighted by atomic mass is 16.7. The molecule has 0 aromatic carbocycles. The lowest BCUT2D eigenvalue weighted by Crippen LogP contribution is -2.54. The predicted molar refractivity (Wildman–Crippen MR) is 115 cm³/mol. The number of ether oxygens (including phenoxy) is 6. The van der Waals surface area contributed by atoms with Crippen molar-refractivity contribution in [1.29, 1.82) is 0 Å². The number of amides is 1. The minimum Gasteiger partial charge on any atom is -0.463 e. The fourth-order valence-electron chi connectivity index (χ4n) is 3.13.